The summed E-state index contributed by atoms with van der Waals surface area (Å²) in [6.07, 6.45) is 18.3. The van der Waals surface area contributed by atoms with Gasteiger partial charge in [-0.2, -0.15) is 0 Å². The highest BCUT2D eigenvalue weighted by molar-refractivity contribution is 5.59. The van der Waals surface area contributed by atoms with Crippen LogP contribution in [0.15, 0.2) is 66.9 Å². The van der Waals surface area contributed by atoms with Crippen LogP contribution in [0, 0.1) is 0 Å². The first kappa shape index (κ1) is 27.0. The van der Waals surface area contributed by atoms with Crippen LogP contribution in [0.25, 0.3) is 11.3 Å². The van der Waals surface area contributed by atoms with E-state index in [0.29, 0.717) is 0 Å². The lowest BCUT2D eigenvalue weighted by molar-refractivity contribution is 0.304. The van der Waals surface area contributed by atoms with E-state index in [0.717, 1.165) is 43.7 Å². The largest absolute Gasteiger partial charge is 0.494 e. The second kappa shape index (κ2) is 16.1. The number of hydrogen-bond donors (Lipinski definition) is 0. The van der Waals surface area contributed by atoms with Gasteiger partial charge in [-0.1, -0.05) is 108 Å². The zero-order valence-electron chi connectivity index (χ0n) is 22.1. The van der Waals surface area contributed by atoms with Gasteiger partial charge in [0.1, 0.15) is 5.75 Å². The van der Waals surface area contributed by atoms with E-state index in [1.165, 1.54) is 80.0 Å². The second-order valence-corrected chi connectivity index (χ2v) is 9.82. The molecule has 0 N–H and O–H groups in total. The summed E-state index contributed by atoms with van der Waals surface area (Å²) in [5.74, 6) is 0.992. The normalized spacial score (nSPS) is 11.0. The quantitative estimate of drug-likeness (QED) is 0.183. The minimum Gasteiger partial charge on any atom is -0.494 e. The fourth-order valence-corrected chi connectivity index (χ4v) is 4.45. The van der Waals surface area contributed by atoms with Crippen molar-refractivity contribution in [3.63, 3.8) is 0 Å². The Balaban J connectivity index is 1.38. The molecule has 0 bridgehead atoms. The first-order valence-electron chi connectivity index (χ1n) is 14.0. The maximum absolute atomic E-state index is 5.92. The van der Waals surface area contributed by atoms with Crippen molar-refractivity contribution in [1.29, 1.82) is 0 Å². The summed E-state index contributed by atoms with van der Waals surface area (Å²) in [5.41, 5.74) is 6.32. The predicted octanol–water partition coefficient (Wildman–Crippen LogP) is 9.40. The lowest BCUT2D eigenvalue weighted by Crippen LogP contribution is -1.98. The highest BCUT2D eigenvalue weighted by atomic mass is 16.5. The number of nitrogens with zero attached hydrogens (tertiary/aromatic N) is 1. The molecule has 1 aromatic heterocycles. The maximum Gasteiger partial charge on any atom is 0.119 e. The molecular weight excluding hydrogens is 426 g/mol. The fourth-order valence-electron chi connectivity index (χ4n) is 4.45. The van der Waals surface area contributed by atoms with Crippen molar-refractivity contribution < 1.29 is 4.74 Å². The number of rotatable bonds is 17. The highest BCUT2D eigenvalue weighted by Crippen LogP contribution is 2.20. The lowest BCUT2D eigenvalue weighted by atomic mass is 10.0. The number of aryl methyl sites for hydroxylation is 3. The van der Waals surface area contributed by atoms with E-state index in [1.54, 1.807) is 0 Å². The number of pyridine rings is 1. The molecule has 0 aliphatic rings. The van der Waals surface area contributed by atoms with Gasteiger partial charge in [0.05, 0.1) is 12.3 Å². The van der Waals surface area contributed by atoms with Crippen LogP contribution < -0.4 is 4.74 Å². The molecule has 0 aliphatic heterocycles. The zero-order valence-corrected chi connectivity index (χ0v) is 22.1. The second-order valence-electron chi connectivity index (χ2n) is 9.82. The van der Waals surface area contributed by atoms with Crippen molar-refractivity contribution in [2.24, 2.45) is 0 Å². The van der Waals surface area contributed by atoms with Crippen LogP contribution in [0.4, 0.5) is 0 Å². The molecule has 0 spiro atoms. The Labute approximate surface area is 214 Å². The third-order valence-electron chi connectivity index (χ3n) is 6.79. The van der Waals surface area contributed by atoms with E-state index < -0.39 is 0 Å². The molecule has 2 aromatic carbocycles. The third-order valence-corrected chi connectivity index (χ3v) is 6.79. The first-order chi connectivity index (χ1) is 17.3. The smallest absolute Gasteiger partial charge is 0.119 e. The molecule has 0 fully saturated rings. The molecule has 0 atom stereocenters. The van der Waals surface area contributed by atoms with E-state index in [9.17, 15) is 0 Å². The van der Waals surface area contributed by atoms with Crippen LogP contribution in [0.5, 0.6) is 5.75 Å². The molecule has 0 saturated carbocycles. The molecule has 2 heteroatoms. The van der Waals surface area contributed by atoms with Crippen molar-refractivity contribution in [3.8, 4) is 17.0 Å². The Morgan fingerprint density at radius 1 is 0.543 bits per heavy atom. The third kappa shape index (κ3) is 10.3. The number of benzene rings is 2. The monoisotopic (exact) mass is 471 g/mol. The van der Waals surface area contributed by atoms with E-state index >= 15 is 0 Å². The molecule has 0 amide bonds. The average Bonchev–Trinajstić information content (AvgIpc) is 2.91. The van der Waals surface area contributed by atoms with Gasteiger partial charge in [-0.15, -0.1) is 0 Å². The van der Waals surface area contributed by atoms with Crippen molar-refractivity contribution in [2.75, 3.05) is 6.61 Å². The van der Waals surface area contributed by atoms with Crippen LogP contribution in [0.2, 0.25) is 0 Å². The molecule has 0 aliphatic carbocycles. The Morgan fingerprint density at radius 2 is 1.11 bits per heavy atom. The number of ether oxygens (including phenoxy) is 1. The van der Waals surface area contributed by atoms with Gasteiger partial charge in [0.25, 0.3) is 0 Å². The summed E-state index contributed by atoms with van der Waals surface area (Å²) >= 11 is 0. The summed E-state index contributed by atoms with van der Waals surface area (Å²) in [5, 5.41) is 0. The molecule has 35 heavy (non-hydrogen) atoms. The predicted molar refractivity (Wildman–Crippen MR) is 150 cm³/mol. The molecule has 2 nitrogen and oxygen atoms in total. The van der Waals surface area contributed by atoms with Crippen LogP contribution in [0.1, 0.15) is 94.7 Å². The minimum atomic E-state index is 0.828. The SMILES string of the molecule is CCCCCCCCOc1ccc(CCc2ccc(-c3ccc(CCCCCC)cn3)cc2)cc1. The van der Waals surface area contributed by atoms with Crippen LogP contribution in [-0.4, -0.2) is 11.6 Å². The van der Waals surface area contributed by atoms with E-state index in [1.807, 2.05) is 0 Å². The van der Waals surface area contributed by atoms with Gasteiger partial charge in [0, 0.05) is 11.8 Å². The standard InChI is InChI=1S/C33H45NO/c1-3-5-7-9-10-12-26-35-32-23-18-29(19-24-32)15-14-28-16-21-31(22-17-28)33-25-20-30(27-34-33)13-11-8-6-4-2/h16-25,27H,3-15,26H2,1-2H3. The molecule has 1 heterocycles. The Kier molecular flexibility index (Phi) is 12.4. The minimum absolute atomic E-state index is 0.828. The van der Waals surface area contributed by atoms with Crippen molar-refractivity contribution in [2.45, 2.75) is 97.3 Å². The van der Waals surface area contributed by atoms with Crippen molar-refractivity contribution in [3.05, 3.63) is 83.6 Å². The summed E-state index contributed by atoms with van der Waals surface area (Å²) in [6, 6.07) is 22.0. The van der Waals surface area contributed by atoms with E-state index in [-0.39, 0.29) is 0 Å². The summed E-state index contributed by atoms with van der Waals surface area (Å²) < 4.78 is 5.92. The molecule has 0 saturated heterocycles. The summed E-state index contributed by atoms with van der Waals surface area (Å²) in [6.45, 7) is 5.34. The number of aromatic nitrogens is 1. The van der Waals surface area contributed by atoms with Crippen LogP contribution in [0.3, 0.4) is 0 Å². The molecule has 3 rings (SSSR count). The average molecular weight is 472 g/mol. The maximum atomic E-state index is 5.92. The first-order valence-corrected chi connectivity index (χ1v) is 14.0. The zero-order chi connectivity index (χ0) is 24.6. The van der Waals surface area contributed by atoms with Crippen molar-refractivity contribution >= 4 is 0 Å². The van der Waals surface area contributed by atoms with Gasteiger partial charge >= 0.3 is 0 Å². The van der Waals surface area contributed by atoms with Crippen LogP contribution in [-0.2, 0) is 19.3 Å². The Morgan fingerprint density at radius 3 is 1.74 bits per heavy atom. The number of unbranched alkanes of at least 4 members (excludes halogenated alkanes) is 8. The van der Waals surface area contributed by atoms with E-state index in [2.05, 4.69) is 80.7 Å². The van der Waals surface area contributed by atoms with Gasteiger partial charge in [0.15, 0.2) is 0 Å². The molecule has 188 valence electrons. The number of hydrogen-bond acceptors (Lipinski definition) is 2. The molecule has 0 radical (unpaired) electrons. The lowest BCUT2D eigenvalue weighted by Gasteiger charge is -2.08. The Hall–Kier alpha value is -2.61. The molecule has 3 aromatic rings. The topological polar surface area (TPSA) is 22.1 Å². The summed E-state index contributed by atoms with van der Waals surface area (Å²) in [4.78, 5) is 4.71. The van der Waals surface area contributed by atoms with Gasteiger partial charge in [-0.25, -0.2) is 0 Å². The summed E-state index contributed by atoms with van der Waals surface area (Å²) in [7, 11) is 0. The van der Waals surface area contributed by atoms with Gasteiger partial charge in [-0.05, 0) is 67.0 Å². The van der Waals surface area contributed by atoms with E-state index in [4.69, 9.17) is 9.72 Å². The fraction of sp³-hybridized carbons (Fsp3) is 0.485. The molecular formula is C33H45NO. The van der Waals surface area contributed by atoms with Crippen molar-refractivity contribution in [1.82, 2.24) is 4.98 Å². The van der Waals surface area contributed by atoms with Gasteiger partial charge in [0.2, 0.25) is 0 Å². The highest BCUT2D eigenvalue weighted by Gasteiger charge is 2.03. The Bertz CT molecular complexity index is 928. The van der Waals surface area contributed by atoms with Crippen LogP contribution >= 0.6 is 0 Å². The van der Waals surface area contributed by atoms with Gasteiger partial charge in [-0.3, -0.25) is 4.98 Å². The van der Waals surface area contributed by atoms with Gasteiger partial charge < -0.3 is 4.74 Å². The molecule has 0 unspecified atom stereocenters.